The number of nitro groups is 1. The van der Waals surface area contributed by atoms with Gasteiger partial charge in [-0.3, -0.25) is 14.9 Å². The molecule has 0 radical (unpaired) electrons. The van der Waals surface area contributed by atoms with Crippen LogP contribution in [0.25, 0.3) is 17.0 Å². The number of hydrogen-bond donors (Lipinski definition) is 1. The molecule has 6 nitrogen and oxygen atoms in total. The molecule has 2 aromatic carbocycles. The summed E-state index contributed by atoms with van der Waals surface area (Å²) in [6, 6.07) is 11.7. The van der Waals surface area contributed by atoms with Gasteiger partial charge in [-0.2, -0.15) is 5.26 Å². The Bertz CT molecular complexity index is 1140. The van der Waals surface area contributed by atoms with E-state index in [9.17, 15) is 20.2 Å². The fourth-order valence-corrected chi connectivity index (χ4v) is 3.11. The lowest BCUT2D eigenvalue weighted by atomic mass is 9.99. The van der Waals surface area contributed by atoms with Crippen molar-refractivity contribution >= 4 is 40.1 Å². The average Bonchev–Trinajstić information content (AvgIpc) is 3.10. The van der Waals surface area contributed by atoms with E-state index in [0.717, 1.165) is 22.9 Å². The highest BCUT2D eigenvalue weighted by Gasteiger charge is 2.18. The Hall–Kier alpha value is -3.43. The number of carbonyl (C=O) groups excluding carboxylic acids is 1. The predicted molar refractivity (Wildman–Crippen MR) is 104 cm³/mol. The van der Waals surface area contributed by atoms with Crippen LogP contribution in [-0.2, 0) is 6.42 Å². The van der Waals surface area contributed by atoms with Crippen LogP contribution in [0.5, 0.6) is 0 Å². The third kappa shape index (κ3) is 3.46. The summed E-state index contributed by atoms with van der Waals surface area (Å²) in [6.07, 6.45) is 3.72. The van der Waals surface area contributed by atoms with Crippen molar-refractivity contribution in [1.82, 2.24) is 4.98 Å². The number of nitrogens with zero attached hydrogens (tertiary/aromatic N) is 2. The second-order valence-electron chi connectivity index (χ2n) is 5.86. The van der Waals surface area contributed by atoms with Crippen molar-refractivity contribution in [2.24, 2.45) is 0 Å². The molecule has 0 fully saturated rings. The van der Waals surface area contributed by atoms with Gasteiger partial charge >= 0.3 is 0 Å². The molecule has 7 heteroatoms. The Morgan fingerprint density at radius 1 is 1.37 bits per heavy atom. The summed E-state index contributed by atoms with van der Waals surface area (Å²) < 4.78 is 0. The Balaban J connectivity index is 2.05. The Morgan fingerprint density at radius 2 is 2.15 bits per heavy atom. The number of carbonyl (C=O) groups is 1. The SMILES string of the molecule is CCc1cccc2c(C(=O)/C(C#N)=C/c3ccc(Cl)c([N+](=O)[O-])c3)c[nH]c12. The highest BCUT2D eigenvalue weighted by molar-refractivity contribution is 6.32. The lowest BCUT2D eigenvalue weighted by Gasteiger charge is -2.02. The second kappa shape index (κ2) is 7.44. The lowest BCUT2D eigenvalue weighted by molar-refractivity contribution is -0.384. The zero-order valence-electron chi connectivity index (χ0n) is 14.3. The molecule has 0 aliphatic heterocycles. The van der Waals surface area contributed by atoms with Gasteiger partial charge in [0.2, 0.25) is 5.78 Å². The average molecular weight is 380 g/mol. The molecular weight excluding hydrogens is 366 g/mol. The number of nitro benzene ring substituents is 1. The van der Waals surface area contributed by atoms with Crippen molar-refractivity contribution in [3.63, 3.8) is 0 Å². The van der Waals surface area contributed by atoms with Crippen LogP contribution in [0.1, 0.15) is 28.4 Å². The van der Waals surface area contributed by atoms with Gasteiger partial charge in [0.25, 0.3) is 5.69 Å². The van der Waals surface area contributed by atoms with Crippen molar-refractivity contribution in [2.75, 3.05) is 0 Å². The van der Waals surface area contributed by atoms with E-state index in [0.29, 0.717) is 11.1 Å². The number of hydrogen-bond acceptors (Lipinski definition) is 4. The minimum absolute atomic E-state index is 0.00860. The first-order valence-electron chi connectivity index (χ1n) is 8.15. The van der Waals surface area contributed by atoms with Gasteiger partial charge in [-0.1, -0.05) is 42.8 Å². The molecule has 0 amide bonds. The number of allylic oxidation sites excluding steroid dienone is 1. The maximum Gasteiger partial charge on any atom is 0.288 e. The molecule has 1 heterocycles. The fraction of sp³-hybridized carbons (Fsp3) is 0.100. The fourth-order valence-electron chi connectivity index (χ4n) is 2.92. The molecule has 0 saturated heterocycles. The normalized spacial score (nSPS) is 11.4. The Kier molecular flexibility index (Phi) is 5.06. The number of para-hydroxylation sites is 1. The minimum Gasteiger partial charge on any atom is -0.360 e. The summed E-state index contributed by atoms with van der Waals surface area (Å²) in [5.74, 6) is -0.449. The molecule has 0 atom stereocenters. The quantitative estimate of drug-likeness (QED) is 0.219. The first-order chi connectivity index (χ1) is 13.0. The van der Waals surface area contributed by atoms with E-state index in [-0.39, 0.29) is 16.3 Å². The summed E-state index contributed by atoms with van der Waals surface area (Å²) in [5, 5.41) is 21.2. The van der Waals surface area contributed by atoms with Gasteiger partial charge in [0.05, 0.1) is 4.92 Å². The topological polar surface area (TPSA) is 99.8 Å². The molecule has 1 aromatic heterocycles. The standard InChI is InChI=1S/C20H14ClN3O3/c1-2-13-4-3-5-15-16(11-23-19(13)15)20(25)14(10-22)8-12-6-7-17(21)18(9-12)24(26)27/h3-9,11,23H,2H2,1H3/b14-8+. The van der Waals surface area contributed by atoms with Gasteiger partial charge in [-0.15, -0.1) is 0 Å². The van der Waals surface area contributed by atoms with Crippen LogP contribution >= 0.6 is 11.6 Å². The van der Waals surface area contributed by atoms with E-state index < -0.39 is 10.7 Å². The summed E-state index contributed by atoms with van der Waals surface area (Å²) in [7, 11) is 0. The largest absolute Gasteiger partial charge is 0.360 e. The zero-order chi connectivity index (χ0) is 19.6. The third-order valence-corrected chi connectivity index (χ3v) is 4.59. The zero-order valence-corrected chi connectivity index (χ0v) is 15.1. The number of H-pyrrole nitrogens is 1. The van der Waals surface area contributed by atoms with Crippen LogP contribution < -0.4 is 0 Å². The third-order valence-electron chi connectivity index (χ3n) is 4.27. The Morgan fingerprint density at radius 3 is 2.81 bits per heavy atom. The molecule has 0 bridgehead atoms. The van der Waals surface area contributed by atoms with Crippen molar-refractivity contribution in [2.45, 2.75) is 13.3 Å². The van der Waals surface area contributed by atoms with Crippen LogP contribution in [0.2, 0.25) is 5.02 Å². The molecule has 0 saturated carbocycles. The maximum absolute atomic E-state index is 12.9. The van der Waals surface area contributed by atoms with Crippen LogP contribution in [0.4, 0.5) is 5.69 Å². The van der Waals surface area contributed by atoms with E-state index in [4.69, 9.17) is 11.6 Å². The van der Waals surface area contributed by atoms with Crippen LogP contribution in [-0.4, -0.2) is 15.7 Å². The van der Waals surface area contributed by atoms with Crippen molar-refractivity contribution < 1.29 is 9.72 Å². The number of aromatic nitrogens is 1. The van der Waals surface area contributed by atoms with Gasteiger partial charge < -0.3 is 4.98 Å². The monoisotopic (exact) mass is 379 g/mol. The van der Waals surface area contributed by atoms with Crippen LogP contribution in [0.15, 0.2) is 48.2 Å². The van der Waals surface area contributed by atoms with E-state index >= 15 is 0 Å². The van der Waals surface area contributed by atoms with Crippen molar-refractivity contribution in [3.05, 3.63) is 80.0 Å². The Labute approximate surface area is 159 Å². The first kappa shape index (κ1) is 18.4. The maximum atomic E-state index is 12.9. The van der Waals surface area contributed by atoms with Gasteiger partial charge in [0.1, 0.15) is 16.7 Å². The molecular formula is C20H14ClN3O3. The second-order valence-corrected chi connectivity index (χ2v) is 6.27. The van der Waals surface area contributed by atoms with Gasteiger partial charge in [-0.05, 0) is 29.7 Å². The van der Waals surface area contributed by atoms with E-state index in [2.05, 4.69) is 4.98 Å². The van der Waals surface area contributed by atoms with Crippen molar-refractivity contribution in [1.29, 1.82) is 5.26 Å². The summed E-state index contributed by atoms with van der Waals surface area (Å²) >= 11 is 5.80. The summed E-state index contributed by atoms with van der Waals surface area (Å²) in [6.45, 7) is 2.02. The van der Waals surface area contributed by atoms with Gasteiger partial charge in [0, 0.05) is 28.7 Å². The van der Waals surface area contributed by atoms with E-state index in [1.54, 1.807) is 6.20 Å². The smallest absolute Gasteiger partial charge is 0.288 e. The van der Waals surface area contributed by atoms with Gasteiger partial charge in [-0.25, -0.2) is 0 Å². The number of aryl methyl sites for hydroxylation is 1. The molecule has 3 aromatic rings. The number of nitriles is 1. The number of Topliss-reactive ketones (excluding diaryl/α,β-unsaturated/α-hetero) is 1. The molecule has 0 aliphatic rings. The number of halogens is 1. The summed E-state index contributed by atoms with van der Waals surface area (Å²) in [4.78, 5) is 26.4. The summed E-state index contributed by atoms with van der Waals surface area (Å²) in [5.41, 5.74) is 2.27. The highest BCUT2D eigenvalue weighted by Crippen LogP contribution is 2.28. The molecule has 0 spiro atoms. The molecule has 0 unspecified atom stereocenters. The molecule has 27 heavy (non-hydrogen) atoms. The number of benzene rings is 2. The van der Waals surface area contributed by atoms with Crippen LogP contribution in [0.3, 0.4) is 0 Å². The van der Waals surface area contributed by atoms with E-state index in [1.165, 1.54) is 24.3 Å². The highest BCUT2D eigenvalue weighted by atomic mass is 35.5. The minimum atomic E-state index is -0.612. The first-order valence-corrected chi connectivity index (χ1v) is 8.53. The number of aromatic amines is 1. The number of ketones is 1. The molecule has 3 rings (SSSR count). The molecule has 134 valence electrons. The number of fused-ring (bicyclic) bond motifs is 1. The number of nitrogens with one attached hydrogen (secondary N) is 1. The predicted octanol–water partition coefficient (Wildman–Crippen LogP) is 5.08. The van der Waals surface area contributed by atoms with Crippen molar-refractivity contribution in [3.8, 4) is 6.07 Å². The molecule has 1 N–H and O–H groups in total. The van der Waals surface area contributed by atoms with E-state index in [1.807, 2.05) is 31.2 Å². The van der Waals surface area contributed by atoms with Crippen LogP contribution in [0, 0.1) is 21.4 Å². The molecule has 0 aliphatic carbocycles. The lowest BCUT2D eigenvalue weighted by Crippen LogP contribution is -2.01. The number of rotatable bonds is 5. The van der Waals surface area contributed by atoms with Gasteiger partial charge in [0.15, 0.2) is 0 Å².